The molecule has 0 unspecified atom stereocenters. The van der Waals surface area contributed by atoms with E-state index in [1.54, 1.807) is 11.3 Å². The molecule has 3 rings (SSSR count). The van der Waals surface area contributed by atoms with Crippen LogP contribution in [0.3, 0.4) is 0 Å². The van der Waals surface area contributed by atoms with Crippen LogP contribution < -0.4 is 15.6 Å². The first-order valence-corrected chi connectivity index (χ1v) is 9.94. The zero-order chi connectivity index (χ0) is 19.9. The largest absolute Gasteiger partial charge is 0.484 e. The Kier molecular flexibility index (Phi) is 6.60. The highest BCUT2D eigenvalue weighted by molar-refractivity contribution is 7.18. The molecule has 6 nitrogen and oxygen atoms in total. The Hall–Kier alpha value is -2.93. The number of hydrogen-bond donors (Lipinski definition) is 2. The van der Waals surface area contributed by atoms with E-state index in [1.165, 1.54) is 0 Å². The van der Waals surface area contributed by atoms with Gasteiger partial charge in [-0.25, -0.2) is 4.98 Å². The summed E-state index contributed by atoms with van der Waals surface area (Å²) in [5.74, 6) is -0.00523. The molecule has 2 N–H and O–H groups in total. The number of ether oxygens (including phenoxy) is 1. The lowest BCUT2D eigenvalue weighted by Gasteiger charge is -2.09. The summed E-state index contributed by atoms with van der Waals surface area (Å²) >= 11 is 1.64. The maximum absolute atomic E-state index is 11.9. The third-order valence-corrected chi connectivity index (χ3v) is 5.14. The number of carbonyl (C=O) groups is 2. The van der Waals surface area contributed by atoms with Gasteiger partial charge in [0.25, 0.3) is 5.91 Å². The van der Waals surface area contributed by atoms with Crippen molar-refractivity contribution in [3.63, 3.8) is 0 Å². The Labute approximate surface area is 167 Å². The zero-order valence-corrected chi connectivity index (χ0v) is 16.8. The van der Waals surface area contributed by atoms with Crippen LogP contribution in [0.1, 0.15) is 29.0 Å². The molecule has 28 heavy (non-hydrogen) atoms. The Morgan fingerprint density at radius 2 is 1.75 bits per heavy atom. The van der Waals surface area contributed by atoms with E-state index < -0.39 is 5.91 Å². The van der Waals surface area contributed by atoms with E-state index in [4.69, 9.17) is 4.74 Å². The predicted molar refractivity (Wildman–Crippen MR) is 110 cm³/mol. The number of amides is 2. The molecule has 0 aliphatic heterocycles. The minimum Gasteiger partial charge on any atom is -0.484 e. The summed E-state index contributed by atoms with van der Waals surface area (Å²) < 4.78 is 6.61. The molecular formula is C21H23N3O3S. The van der Waals surface area contributed by atoms with Gasteiger partial charge in [0, 0.05) is 6.42 Å². The Morgan fingerprint density at radius 3 is 2.50 bits per heavy atom. The van der Waals surface area contributed by atoms with Crippen molar-refractivity contribution in [3.05, 3.63) is 58.6 Å². The third kappa shape index (κ3) is 5.79. The summed E-state index contributed by atoms with van der Waals surface area (Å²) in [6.07, 6.45) is 1.71. The molecule has 3 aromatic rings. The molecule has 0 aliphatic rings. The molecule has 2 aromatic carbocycles. The molecule has 1 aromatic heterocycles. The lowest BCUT2D eigenvalue weighted by atomic mass is 10.1. The fourth-order valence-corrected chi connectivity index (χ4v) is 3.84. The molecule has 0 spiro atoms. The maximum atomic E-state index is 11.9. The summed E-state index contributed by atoms with van der Waals surface area (Å²) in [5.41, 5.74) is 7.92. The number of para-hydroxylation sites is 1. The number of hydrogen-bond acceptors (Lipinski definition) is 5. The standard InChI is InChI=1S/C21H23N3O3S/c1-14-10-15(2)12-16(11-14)27-13-20(26)24-23-19(25)8-5-9-21-22-17-6-3-4-7-18(17)28-21/h3-4,6-7,10-12H,5,8-9,13H2,1-2H3,(H,23,25)(H,24,26). The molecule has 0 aliphatic carbocycles. The summed E-state index contributed by atoms with van der Waals surface area (Å²) in [7, 11) is 0. The van der Waals surface area contributed by atoms with Gasteiger partial charge in [0.2, 0.25) is 5.91 Å². The Morgan fingerprint density at radius 1 is 1.04 bits per heavy atom. The second-order valence-corrected chi connectivity index (χ2v) is 7.75. The summed E-state index contributed by atoms with van der Waals surface area (Å²) in [6.45, 7) is 3.78. The van der Waals surface area contributed by atoms with Crippen LogP contribution >= 0.6 is 11.3 Å². The smallest absolute Gasteiger partial charge is 0.276 e. The van der Waals surface area contributed by atoms with Crippen molar-refractivity contribution in [2.24, 2.45) is 0 Å². The third-order valence-electron chi connectivity index (χ3n) is 4.04. The number of aryl methyl sites for hydroxylation is 3. The van der Waals surface area contributed by atoms with Crippen molar-refractivity contribution in [1.29, 1.82) is 0 Å². The van der Waals surface area contributed by atoms with Crippen LogP contribution in [0.15, 0.2) is 42.5 Å². The normalized spacial score (nSPS) is 10.6. The van der Waals surface area contributed by atoms with Crippen LogP contribution in [0.5, 0.6) is 5.75 Å². The molecule has 7 heteroatoms. The first kappa shape index (κ1) is 19.8. The molecule has 0 fully saturated rings. The fourth-order valence-electron chi connectivity index (χ4n) is 2.83. The van der Waals surface area contributed by atoms with E-state index in [-0.39, 0.29) is 12.5 Å². The van der Waals surface area contributed by atoms with Crippen molar-refractivity contribution < 1.29 is 14.3 Å². The monoisotopic (exact) mass is 397 g/mol. The molecule has 146 valence electrons. The van der Waals surface area contributed by atoms with E-state index >= 15 is 0 Å². The van der Waals surface area contributed by atoms with Crippen molar-refractivity contribution in [2.45, 2.75) is 33.1 Å². The van der Waals surface area contributed by atoms with Crippen LogP contribution in [0.4, 0.5) is 0 Å². The number of nitrogens with one attached hydrogen (secondary N) is 2. The van der Waals surface area contributed by atoms with Gasteiger partial charge in [0.15, 0.2) is 6.61 Å². The molecule has 0 saturated heterocycles. The van der Waals surface area contributed by atoms with Gasteiger partial charge in [-0.05, 0) is 62.1 Å². The lowest BCUT2D eigenvalue weighted by Crippen LogP contribution is -2.43. The second-order valence-electron chi connectivity index (χ2n) is 6.64. The van der Waals surface area contributed by atoms with Crippen LogP contribution in [0.25, 0.3) is 10.2 Å². The van der Waals surface area contributed by atoms with Crippen molar-refractivity contribution >= 4 is 33.4 Å². The lowest BCUT2D eigenvalue weighted by molar-refractivity contribution is -0.130. The van der Waals surface area contributed by atoms with Crippen molar-refractivity contribution in [1.82, 2.24) is 15.8 Å². The average molecular weight is 398 g/mol. The van der Waals surface area contributed by atoms with E-state index in [2.05, 4.69) is 15.8 Å². The molecule has 0 saturated carbocycles. The van der Waals surface area contributed by atoms with Crippen LogP contribution in [-0.2, 0) is 16.0 Å². The highest BCUT2D eigenvalue weighted by Gasteiger charge is 2.08. The minimum atomic E-state index is -0.404. The Balaban J connectivity index is 1.34. The first-order chi connectivity index (χ1) is 13.5. The number of fused-ring (bicyclic) bond motifs is 1. The molecule has 0 bridgehead atoms. The quantitative estimate of drug-likeness (QED) is 0.599. The number of thiazole rings is 1. The molecular weight excluding hydrogens is 374 g/mol. The molecule has 2 amide bonds. The number of aromatic nitrogens is 1. The van der Waals surface area contributed by atoms with Gasteiger partial charge in [-0.15, -0.1) is 11.3 Å². The molecule has 0 atom stereocenters. The van der Waals surface area contributed by atoms with Gasteiger partial charge in [-0.2, -0.15) is 0 Å². The van der Waals surface area contributed by atoms with Crippen LogP contribution in [-0.4, -0.2) is 23.4 Å². The topological polar surface area (TPSA) is 80.3 Å². The number of benzene rings is 2. The summed E-state index contributed by atoms with van der Waals surface area (Å²) in [4.78, 5) is 28.3. The van der Waals surface area contributed by atoms with Gasteiger partial charge in [0.1, 0.15) is 5.75 Å². The van der Waals surface area contributed by atoms with Gasteiger partial charge >= 0.3 is 0 Å². The molecule has 1 heterocycles. The van der Waals surface area contributed by atoms with E-state index in [0.717, 1.165) is 32.8 Å². The van der Waals surface area contributed by atoms with E-state index in [0.29, 0.717) is 18.6 Å². The van der Waals surface area contributed by atoms with Gasteiger partial charge in [0.05, 0.1) is 15.2 Å². The summed E-state index contributed by atoms with van der Waals surface area (Å²) in [6, 6.07) is 13.7. The second kappa shape index (κ2) is 9.32. The minimum absolute atomic E-state index is 0.158. The Bertz CT molecular complexity index is 931. The van der Waals surface area contributed by atoms with E-state index in [9.17, 15) is 9.59 Å². The average Bonchev–Trinajstić information content (AvgIpc) is 3.06. The highest BCUT2D eigenvalue weighted by Crippen LogP contribution is 2.22. The number of carbonyl (C=O) groups excluding carboxylic acids is 2. The first-order valence-electron chi connectivity index (χ1n) is 9.13. The number of rotatable bonds is 7. The highest BCUT2D eigenvalue weighted by atomic mass is 32.1. The van der Waals surface area contributed by atoms with Gasteiger partial charge in [-0.1, -0.05) is 18.2 Å². The number of hydrazine groups is 1. The van der Waals surface area contributed by atoms with Crippen molar-refractivity contribution in [2.75, 3.05) is 6.61 Å². The number of nitrogens with zero attached hydrogens (tertiary/aromatic N) is 1. The fraction of sp³-hybridized carbons (Fsp3) is 0.286. The van der Waals surface area contributed by atoms with Crippen LogP contribution in [0, 0.1) is 13.8 Å². The maximum Gasteiger partial charge on any atom is 0.276 e. The SMILES string of the molecule is Cc1cc(C)cc(OCC(=O)NNC(=O)CCCc2nc3ccccc3s2)c1. The summed E-state index contributed by atoms with van der Waals surface area (Å²) in [5, 5.41) is 1.01. The van der Waals surface area contributed by atoms with Gasteiger partial charge in [-0.3, -0.25) is 20.4 Å². The van der Waals surface area contributed by atoms with Gasteiger partial charge < -0.3 is 4.74 Å². The predicted octanol–water partition coefficient (Wildman–Crippen LogP) is 3.46. The van der Waals surface area contributed by atoms with Crippen LogP contribution in [0.2, 0.25) is 0 Å². The molecule has 0 radical (unpaired) electrons. The van der Waals surface area contributed by atoms with E-state index in [1.807, 2.05) is 56.3 Å². The van der Waals surface area contributed by atoms with Crippen molar-refractivity contribution in [3.8, 4) is 5.75 Å². The zero-order valence-electron chi connectivity index (χ0n) is 16.0.